The van der Waals surface area contributed by atoms with E-state index in [1.807, 2.05) is 12.1 Å². The average molecular weight is 333 g/mol. The first-order chi connectivity index (χ1) is 7.65. The van der Waals surface area contributed by atoms with Crippen LogP contribution in [0.4, 0.5) is 5.69 Å². The number of nitrogens with one attached hydrogen (secondary N) is 1. The summed E-state index contributed by atoms with van der Waals surface area (Å²) >= 11 is 2.12. The Labute approximate surface area is 109 Å². The van der Waals surface area contributed by atoms with Crippen LogP contribution in [0.1, 0.15) is 36.5 Å². The molecular formula is C12H16INO2. The van der Waals surface area contributed by atoms with E-state index in [2.05, 4.69) is 34.8 Å². The largest absolute Gasteiger partial charge is 0.478 e. The van der Waals surface area contributed by atoms with Crippen molar-refractivity contribution in [3.05, 3.63) is 27.3 Å². The van der Waals surface area contributed by atoms with Gasteiger partial charge in [-0.15, -0.1) is 0 Å². The summed E-state index contributed by atoms with van der Waals surface area (Å²) in [6.07, 6.45) is 3.40. The van der Waals surface area contributed by atoms with E-state index in [4.69, 9.17) is 5.11 Å². The van der Waals surface area contributed by atoms with Crippen molar-refractivity contribution >= 4 is 34.2 Å². The highest BCUT2D eigenvalue weighted by atomic mass is 127. The Hall–Kier alpha value is -0.780. The molecule has 2 N–H and O–H groups in total. The molecule has 0 saturated heterocycles. The number of halogens is 1. The average Bonchev–Trinajstić information content (AvgIpc) is 2.26. The third-order valence-corrected chi connectivity index (χ3v) is 2.98. The smallest absolute Gasteiger partial charge is 0.337 e. The van der Waals surface area contributed by atoms with E-state index < -0.39 is 5.97 Å². The fourth-order valence-electron chi connectivity index (χ4n) is 1.45. The summed E-state index contributed by atoms with van der Waals surface area (Å²) in [5.74, 6) is -0.878. The summed E-state index contributed by atoms with van der Waals surface area (Å²) in [5.41, 5.74) is 1.06. The second kappa shape index (κ2) is 6.73. The lowest BCUT2D eigenvalue weighted by molar-refractivity contribution is 0.0698. The van der Waals surface area contributed by atoms with Crippen molar-refractivity contribution < 1.29 is 9.90 Å². The molecule has 0 aliphatic rings. The zero-order valence-electron chi connectivity index (χ0n) is 9.29. The van der Waals surface area contributed by atoms with Gasteiger partial charge in [-0.25, -0.2) is 4.79 Å². The number of hydrogen-bond donors (Lipinski definition) is 2. The fraction of sp³-hybridized carbons (Fsp3) is 0.417. The van der Waals surface area contributed by atoms with Crippen molar-refractivity contribution in [2.24, 2.45) is 0 Å². The van der Waals surface area contributed by atoms with Gasteiger partial charge in [-0.2, -0.15) is 0 Å². The molecule has 0 atom stereocenters. The molecule has 0 unspecified atom stereocenters. The highest BCUT2D eigenvalue weighted by molar-refractivity contribution is 14.1. The minimum atomic E-state index is -0.878. The molecule has 0 heterocycles. The third-order valence-electron chi connectivity index (χ3n) is 2.31. The van der Waals surface area contributed by atoms with Crippen LogP contribution in [-0.2, 0) is 0 Å². The van der Waals surface area contributed by atoms with Crippen LogP contribution in [0, 0.1) is 3.57 Å². The molecule has 0 radical (unpaired) electrons. The van der Waals surface area contributed by atoms with Crippen molar-refractivity contribution in [2.45, 2.75) is 26.2 Å². The fourth-order valence-corrected chi connectivity index (χ4v) is 1.94. The lowest BCUT2D eigenvalue weighted by atomic mass is 10.1. The minimum Gasteiger partial charge on any atom is -0.478 e. The quantitative estimate of drug-likeness (QED) is 0.618. The van der Waals surface area contributed by atoms with Crippen LogP contribution in [0.3, 0.4) is 0 Å². The molecule has 0 saturated carbocycles. The molecule has 0 aliphatic heterocycles. The maximum atomic E-state index is 11.0. The number of carboxylic acid groups (broad SMARTS) is 1. The number of carboxylic acids is 1. The molecule has 0 spiro atoms. The summed E-state index contributed by atoms with van der Waals surface area (Å²) < 4.78 is 0.939. The molecule has 1 rings (SSSR count). The normalized spacial score (nSPS) is 10.1. The van der Waals surface area contributed by atoms with Crippen LogP contribution >= 0.6 is 22.6 Å². The predicted octanol–water partition coefficient (Wildman–Crippen LogP) is 3.59. The van der Waals surface area contributed by atoms with E-state index in [0.717, 1.165) is 16.5 Å². The lowest BCUT2D eigenvalue weighted by Crippen LogP contribution is -2.07. The maximum Gasteiger partial charge on any atom is 0.337 e. The van der Waals surface area contributed by atoms with E-state index in [9.17, 15) is 4.79 Å². The van der Waals surface area contributed by atoms with Crippen LogP contribution in [0.15, 0.2) is 18.2 Å². The van der Waals surface area contributed by atoms with E-state index in [1.54, 1.807) is 6.07 Å². The van der Waals surface area contributed by atoms with Crippen molar-refractivity contribution in [3.8, 4) is 0 Å². The van der Waals surface area contributed by atoms with Gasteiger partial charge in [0.1, 0.15) is 0 Å². The number of unbranched alkanes of at least 4 members (excludes halogenated alkanes) is 2. The molecule has 0 fully saturated rings. The summed E-state index contributed by atoms with van der Waals surface area (Å²) in [7, 11) is 0. The van der Waals surface area contributed by atoms with Gasteiger partial charge in [0.2, 0.25) is 0 Å². The van der Waals surface area contributed by atoms with E-state index >= 15 is 0 Å². The molecular weight excluding hydrogens is 317 g/mol. The predicted molar refractivity (Wildman–Crippen MR) is 74.1 cm³/mol. The van der Waals surface area contributed by atoms with Crippen LogP contribution in [0.25, 0.3) is 0 Å². The van der Waals surface area contributed by atoms with Crippen LogP contribution in [-0.4, -0.2) is 17.6 Å². The van der Waals surface area contributed by atoms with Crippen molar-refractivity contribution in [1.29, 1.82) is 0 Å². The number of rotatable bonds is 6. The van der Waals surface area contributed by atoms with Gasteiger partial charge in [0.05, 0.1) is 5.56 Å². The molecule has 0 aromatic heterocycles. The number of aromatic carboxylic acids is 1. The van der Waals surface area contributed by atoms with Gasteiger partial charge in [-0.1, -0.05) is 19.8 Å². The monoisotopic (exact) mass is 333 g/mol. The summed E-state index contributed by atoms with van der Waals surface area (Å²) in [6, 6.07) is 5.43. The SMILES string of the molecule is CCCCCNc1ccc(I)cc1C(=O)O. The van der Waals surface area contributed by atoms with Gasteiger partial charge in [0.25, 0.3) is 0 Å². The Balaban J connectivity index is 2.67. The molecule has 0 aliphatic carbocycles. The topological polar surface area (TPSA) is 49.3 Å². The highest BCUT2D eigenvalue weighted by Crippen LogP contribution is 2.19. The third kappa shape index (κ3) is 4.00. The van der Waals surface area contributed by atoms with Gasteiger partial charge < -0.3 is 10.4 Å². The Morgan fingerprint density at radius 1 is 1.44 bits per heavy atom. The summed E-state index contributed by atoms with van der Waals surface area (Å²) in [6.45, 7) is 2.97. The zero-order chi connectivity index (χ0) is 12.0. The Morgan fingerprint density at radius 2 is 2.19 bits per heavy atom. The van der Waals surface area contributed by atoms with Crippen molar-refractivity contribution in [3.63, 3.8) is 0 Å². The van der Waals surface area contributed by atoms with E-state index in [-0.39, 0.29) is 0 Å². The molecule has 4 heteroatoms. The molecule has 1 aromatic rings. The van der Waals surface area contributed by atoms with Crippen molar-refractivity contribution in [1.82, 2.24) is 0 Å². The number of carbonyl (C=O) groups is 1. The standard InChI is InChI=1S/C12H16INO2/c1-2-3-4-7-14-11-6-5-9(13)8-10(11)12(15)16/h5-6,8,14H,2-4,7H2,1H3,(H,15,16). The van der Waals surface area contributed by atoms with Crippen LogP contribution < -0.4 is 5.32 Å². The molecule has 0 amide bonds. The summed E-state index contributed by atoms with van der Waals surface area (Å²) in [5, 5.41) is 12.2. The van der Waals surface area contributed by atoms with Crippen LogP contribution in [0.5, 0.6) is 0 Å². The number of hydrogen-bond acceptors (Lipinski definition) is 2. The molecule has 88 valence electrons. The van der Waals surface area contributed by atoms with E-state index in [1.165, 1.54) is 12.8 Å². The summed E-state index contributed by atoms with van der Waals surface area (Å²) in [4.78, 5) is 11.0. The molecule has 0 bridgehead atoms. The maximum absolute atomic E-state index is 11.0. The molecule has 16 heavy (non-hydrogen) atoms. The zero-order valence-corrected chi connectivity index (χ0v) is 11.5. The Kier molecular flexibility index (Phi) is 5.59. The first-order valence-corrected chi connectivity index (χ1v) is 6.49. The lowest BCUT2D eigenvalue weighted by Gasteiger charge is -2.09. The minimum absolute atomic E-state index is 0.350. The Morgan fingerprint density at radius 3 is 2.81 bits per heavy atom. The number of benzene rings is 1. The first kappa shape index (κ1) is 13.3. The Bertz CT molecular complexity index is 366. The molecule has 1 aromatic carbocycles. The van der Waals surface area contributed by atoms with Gasteiger partial charge in [0, 0.05) is 15.8 Å². The van der Waals surface area contributed by atoms with E-state index in [0.29, 0.717) is 11.3 Å². The van der Waals surface area contributed by atoms with Gasteiger partial charge in [0.15, 0.2) is 0 Å². The highest BCUT2D eigenvalue weighted by Gasteiger charge is 2.09. The second-order valence-electron chi connectivity index (χ2n) is 3.63. The number of anilines is 1. The van der Waals surface area contributed by atoms with Gasteiger partial charge in [-0.3, -0.25) is 0 Å². The molecule has 3 nitrogen and oxygen atoms in total. The first-order valence-electron chi connectivity index (χ1n) is 5.42. The van der Waals surface area contributed by atoms with Crippen molar-refractivity contribution in [2.75, 3.05) is 11.9 Å². The van der Waals surface area contributed by atoms with Crippen LogP contribution in [0.2, 0.25) is 0 Å². The second-order valence-corrected chi connectivity index (χ2v) is 4.87. The van der Waals surface area contributed by atoms with Gasteiger partial charge >= 0.3 is 5.97 Å². The van der Waals surface area contributed by atoms with Gasteiger partial charge in [-0.05, 0) is 47.2 Å².